The summed E-state index contributed by atoms with van der Waals surface area (Å²) in [6.07, 6.45) is 3.47. The number of benzene rings is 1. The molecule has 19 heavy (non-hydrogen) atoms. The number of methoxy groups -OCH3 is 1. The van der Waals surface area contributed by atoms with E-state index >= 15 is 0 Å². The SMILES string of the molecule is COC(=O)c1cn(C(C)C)cc1-c1ccccc1F. The second-order valence-corrected chi connectivity index (χ2v) is 4.60. The Hall–Kier alpha value is -2.10. The van der Waals surface area contributed by atoms with E-state index in [0.29, 0.717) is 16.7 Å². The molecule has 0 amide bonds. The molecule has 2 rings (SSSR count). The molecular formula is C15H16FNO2. The van der Waals surface area contributed by atoms with Crippen LogP contribution in [0.1, 0.15) is 30.2 Å². The van der Waals surface area contributed by atoms with Gasteiger partial charge in [-0.2, -0.15) is 0 Å². The third-order valence-corrected chi connectivity index (χ3v) is 3.01. The molecule has 3 nitrogen and oxygen atoms in total. The fourth-order valence-corrected chi connectivity index (χ4v) is 1.94. The number of halogens is 1. The summed E-state index contributed by atoms with van der Waals surface area (Å²) in [6.45, 7) is 3.98. The van der Waals surface area contributed by atoms with E-state index in [1.165, 1.54) is 13.2 Å². The van der Waals surface area contributed by atoms with Crippen molar-refractivity contribution in [2.24, 2.45) is 0 Å². The molecule has 1 aromatic heterocycles. The van der Waals surface area contributed by atoms with Crippen LogP contribution in [0.2, 0.25) is 0 Å². The smallest absolute Gasteiger partial charge is 0.340 e. The zero-order valence-electron chi connectivity index (χ0n) is 11.2. The monoisotopic (exact) mass is 261 g/mol. The molecule has 0 saturated heterocycles. The maximum Gasteiger partial charge on any atom is 0.340 e. The lowest BCUT2D eigenvalue weighted by molar-refractivity contribution is 0.0601. The number of hydrogen-bond donors (Lipinski definition) is 0. The van der Waals surface area contributed by atoms with Gasteiger partial charge in [-0.25, -0.2) is 9.18 Å². The van der Waals surface area contributed by atoms with Gasteiger partial charge in [0.05, 0.1) is 12.7 Å². The fourth-order valence-electron chi connectivity index (χ4n) is 1.94. The standard InChI is InChI=1S/C15H16FNO2/c1-10(2)17-8-12(13(9-17)15(18)19-3)11-6-4-5-7-14(11)16/h4-10H,1-3H3. The van der Waals surface area contributed by atoms with Crippen LogP contribution in [0.4, 0.5) is 4.39 Å². The first-order valence-electron chi connectivity index (χ1n) is 6.09. The minimum absolute atomic E-state index is 0.184. The van der Waals surface area contributed by atoms with Gasteiger partial charge in [-0.1, -0.05) is 18.2 Å². The maximum atomic E-state index is 13.9. The number of aromatic nitrogens is 1. The summed E-state index contributed by atoms with van der Waals surface area (Å²) < 4.78 is 20.5. The van der Waals surface area contributed by atoms with E-state index in [2.05, 4.69) is 0 Å². The third kappa shape index (κ3) is 2.52. The zero-order valence-corrected chi connectivity index (χ0v) is 11.2. The molecule has 1 heterocycles. The van der Waals surface area contributed by atoms with Crippen LogP contribution in [-0.4, -0.2) is 17.6 Å². The van der Waals surface area contributed by atoms with Gasteiger partial charge in [-0.3, -0.25) is 0 Å². The number of nitrogens with zero attached hydrogens (tertiary/aromatic N) is 1. The van der Waals surface area contributed by atoms with Crippen LogP contribution in [0.3, 0.4) is 0 Å². The molecule has 0 aliphatic carbocycles. The summed E-state index contributed by atoms with van der Waals surface area (Å²) in [6, 6.07) is 6.58. The van der Waals surface area contributed by atoms with E-state index < -0.39 is 5.97 Å². The Morgan fingerprint density at radius 2 is 1.89 bits per heavy atom. The number of rotatable bonds is 3. The van der Waals surface area contributed by atoms with Crippen molar-refractivity contribution < 1.29 is 13.9 Å². The highest BCUT2D eigenvalue weighted by Crippen LogP contribution is 2.29. The Morgan fingerprint density at radius 3 is 2.47 bits per heavy atom. The molecule has 100 valence electrons. The average Bonchev–Trinajstić information content (AvgIpc) is 2.83. The van der Waals surface area contributed by atoms with E-state index in [-0.39, 0.29) is 11.9 Å². The molecule has 0 aliphatic heterocycles. The van der Waals surface area contributed by atoms with Crippen LogP contribution >= 0.6 is 0 Å². The van der Waals surface area contributed by atoms with Crippen molar-refractivity contribution in [3.63, 3.8) is 0 Å². The maximum absolute atomic E-state index is 13.9. The van der Waals surface area contributed by atoms with E-state index in [1.54, 1.807) is 30.6 Å². The number of carbonyl (C=O) groups excluding carboxylic acids is 1. The number of hydrogen-bond acceptors (Lipinski definition) is 2. The third-order valence-electron chi connectivity index (χ3n) is 3.01. The summed E-state index contributed by atoms with van der Waals surface area (Å²) in [5.41, 5.74) is 1.34. The first-order valence-corrected chi connectivity index (χ1v) is 6.09. The molecule has 0 radical (unpaired) electrons. The minimum atomic E-state index is -0.461. The van der Waals surface area contributed by atoms with Crippen LogP contribution in [0.5, 0.6) is 0 Å². The van der Waals surface area contributed by atoms with E-state index in [4.69, 9.17) is 4.74 Å². The Morgan fingerprint density at radius 1 is 1.21 bits per heavy atom. The van der Waals surface area contributed by atoms with E-state index in [0.717, 1.165) is 0 Å². The lowest BCUT2D eigenvalue weighted by atomic mass is 10.0. The molecule has 0 bridgehead atoms. The van der Waals surface area contributed by atoms with Gasteiger partial charge >= 0.3 is 5.97 Å². The quantitative estimate of drug-likeness (QED) is 0.789. The Balaban J connectivity index is 2.61. The first kappa shape index (κ1) is 13.3. The number of carbonyl (C=O) groups is 1. The van der Waals surface area contributed by atoms with Crippen molar-refractivity contribution in [2.75, 3.05) is 7.11 Å². The Kier molecular flexibility index (Phi) is 3.69. The molecule has 0 saturated carbocycles. The normalized spacial score (nSPS) is 10.8. The molecule has 2 aromatic rings. The van der Waals surface area contributed by atoms with Gasteiger partial charge in [0.25, 0.3) is 0 Å². The predicted octanol–water partition coefficient (Wildman–Crippen LogP) is 3.66. The van der Waals surface area contributed by atoms with Crippen LogP contribution in [-0.2, 0) is 4.74 Å². The fraction of sp³-hybridized carbons (Fsp3) is 0.267. The lowest BCUT2D eigenvalue weighted by Crippen LogP contribution is -2.02. The van der Waals surface area contributed by atoms with Crippen LogP contribution in [0.25, 0.3) is 11.1 Å². The molecule has 4 heteroatoms. The molecule has 0 fully saturated rings. The highest BCUT2D eigenvalue weighted by molar-refractivity contribution is 5.97. The average molecular weight is 261 g/mol. The Bertz CT molecular complexity index is 602. The van der Waals surface area contributed by atoms with Crippen molar-refractivity contribution in [3.05, 3.63) is 48.0 Å². The molecule has 0 unspecified atom stereocenters. The topological polar surface area (TPSA) is 31.2 Å². The van der Waals surface area contributed by atoms with Crippen LogP contribution in [0.15, 0.2) is 36.7 Å². The number of ether oxygens (including phenoxy) is 1. The summed E-state index contributed by atoms with van der Waals surface area (Å²) in [7, 11) is 1.32. The highest BCUT2D eigenvalue weighted by Gasteiger charge is 2.19. The van der Waals surface area contributed by atoms with Crippen molar-refractivity contribution in [1.29, 1.82) is 0 Å². The lowest BCUT2D eigenvalue weighted by Gasteiger charge is -2.05. The molecule has 0 aliphatic rings. The Labute approximate surface area is 111 Å². The van der Waals surface area contributed by atoms with Crippen molar-refractivity contribution in [2.45, 2.75) is 19.9 Å². The van der Waals surface area contributed by atoms with Gasteiger partial charge < -0.3 is 9.30 Å². The van der Waals surface area contributed by atoms with E-state index in [9.17, 15) is 9.18 Å². The van der Waals surface area contributed by atoms with Gasteiger partial charge in [0.1, 0.15) is 5.82 Å². The summed E-state index contributed by atoms with van der Waals surface area (Å²) >= 11 is 0. The molecular weight excluding hydrogens is 245 g/mol. The van der Waals surface area contributed by atoms with Crippen molar-refractivity contribution >= 4 is 5.97 Å². The van der Waals surface area contributed by atoms with Crippen molar-refractivity contribution in [3.8, 4) is 11.1 Å². The van der Waals surface area contributed by atoms with Gasteiger partial charge in [0.15, 0.2) is 0 Å². The van der Waals surface area contributed by atoms with Gasteiger partial charge in [-0.05, 0) is 19.9 Å². The summed E-state index contributed by atoms with van der Waals surface area (Å²) in [5, 5.41) is 0. The second-order valence-electron chi connectivity index (χ2n) is 4.60. The largest absolute Gasteiger partial charge is 0.465 e. The molecule has 0 atom stereocenters. The second kappa shape index (κ2) is 5.26. The van der Waals surface area contributed by atoms with Crippen LogP contribution in [0, 0.1) is 5.82 Å². The molecule has 0 N–H and O–H groups in total. The summed E-state index contributed by atoms with van der Waals surface area (Å²) in [5.74, 6) is -0.813. The van der Waals surface area contributed by atoms with Gasteiger partial charge in [-0.15, -0.1) is 0 Å². The summed E-state index contributed by atoms with van der Waals surface area (Å²) in [4.78, 5) is 11.8. The first-order chi connectivity index (χ1) is 9.04. The number of esters is 1. The molecule has 1 aromatic carbocycles. The van der Waals surface area contributed by atoms with E-state index in [1.807, 2.05) is 18.4 Å². The van der Waals surface area contributed by atoms with Gasteiger partial charge in [0.2, 0.25) is 0 Å². The minimum Gasteiger partial charge on any atom is -0.465 e. The van der Waals surface area contributed by atoms with Crippen molar-refractivity contribution in [1.82, 2.24) is 4.57 Å². The van der Waals surface area contributed by atoms with Gasteiger partial charge in [0, 0.05) is 29.6 Å². The predicted molar refractivity (Wildman–Crippen MR) is 71.6 cm³/mol. The molecule has 0 spiro atoms. The van der Waals surface area contributed by atoms with Crippen LogP contribution < -0.4 is 0 Å². The highest BCUT2D eigenvalue weighted by atomic mass is 19.1. The zero-order chi connectivity index (χ0) is 14.0.